The first kappa shape index (κ1) is 13.7. The van der Waals surface area contributed by atoms with Gasteiger partial charge in [0.15, 0.2) is 0 Å². The molecule has 0 saturated carbocycles. The quantitative estimate of drug-likeness (QED) is 0.741. The van der Waals surface area contributed by atoms with E-state index in [0.29, 0.717) is 6.54 Å². The van der Waals surface area contributed by atoms with Crippen LogP contribution >= 0.6 is 15.9 Å². The summed E-state index contributed by atoms with van der Waals surface area (Å²) < 4.78 is 1.00. The molecule has 106 valence electrons. The van der Waals surface area contributed by atoms with Gasteiger partial charge in [-0.25, -0.2) is 4.79 Å². The molecule has 0 saturated heterocycles. The third kappa shape index (κ3) is 2.78. The Kier molecular flexibility index (Phi) is 3.66. The second-order valence-electron chi connectivity index (χ2n) is 4.77. The molecule has 1 aromatic heterocycles. The molecule has 4 nitrogen and oxygen atoms in total. The molecule has 0 radical (unpaired) electrons. The molecule has 0 spiro atoms. The van der Waals surface area contributed by atoms with Crippen LogP contribution < -0.4 is 10.6 Å². The smallest absolute Gasteiger partial charge is 0.319 e. The minimum Gasteiger partial charge on any atom is -0.361 e. The van der Waals surface area contributed by atoms with Crippen molar-refractivity contribution in [2.45, 2.75) is 6.54 Å². The summed E-state index contributed by atoms with van der Waals surface area (Å²) in [6, 6.07) is 15.1. The lowest BCUT2D eigenvalue weighted by Gasteiger charge is -2.21. The molecule has 3 aromatic rings. The lowest BCUT2D eigenvalue weighted by atomic mass is 10.1. The second kappa shape index (κ2) is 5.61. The van der Waals surface area contributed by atoms with E-state index < -0.39 is 6.03 Å². The number of fused-ring (bicyclic) bond motifs is 1. The van der Waals surface area contributed by atoms with Crippen LogP contribution in [0.2, 0.25) is 0 Å². The fourth-order valence-corrected chi connectivity index (χ4v) is 2.62. The maximum atomic E-state index is 11.9. The van der Waals surface area contributed by atoms with Gasteiger partial charge < -0.3 is 10.7 Å². The van der Waals surface area contributed by atoms with Crippen molar-refractivity contribution in [3.63, 3.8) is 0 Å². The number of H-pyrrole nitrogens is 1. The van der Waals surface area contributed by atoms with E-state index in [4.69, 9.17) is 5.73 Å². The zero-order valence-electron chi connectivity index (χ0n) is 11.2. The Hall–Kier alpha value is -2.27. The molecule has 0 unspecified atom stereocenters. The van der Waals surface area contributed by atoms with Crippen molar-refractivity contribution in [1.82, 2.24) is 4.98 Å². The van der Waals surface area contributed by atoms with Gasteiger partial charge in [-0.15, -0.1) is 0 Å². The number of rotatable bonds is 3. The van der Waals surface area contributed by atoms with Gasteiger partial charge in [-0.1, -0.05) is 34.1 Å². The van der Waals surface area contributed by atoms with E-state index in [-0.39, 0.29) is 0 Å². The summed E-state index contributed by atoms with van der Waals surface area (Å²) in [6.07, 6.45) is 1.85. The van der Waals surface area contributed by atoms with Crippen molar-refractivity contribution in [3.05, 3.63) is 64.8 Å². The van der Waals surface area contributed by atoms with Crippen molar-refractivity contribution in [2.24, 2.45) is 5.73 Å². The molecule has 0 atom stereocenters. The molecular formula is C16H14BrN3O. The minimum atomic E-state index is -0.466. The highest BCUT2D eigenvalue weighted by molar-refractivity contribution is 9.10. The third-order valence-electron chi connectivity index (χ3n) is 3.38. The van der Waals surface area contributed by atoms with Gasteiger partial charge in [0.2, 0.25) is 0 Å². The highest BCUT2D eigenvalue weighted by atomic mass is 79.9. The zero-order valence-corrected chi connectivity index (χ0v) is 12.8. The van der Waals surface area contributed by atoms with Crippen LogP contribution in [0.5, 0.6) is 0 Å². The van der Waals surface area contributed by atoms with E-state index in [2.05, 4.69) is 20.9 Å². The van der Waals surface area contributed by atoms with Crippen molar-refractivity contribution < 1.29 is 4.79 Å². The highest BCUT2D eigenvalue weighted by Gasteiger charge is 2.16. The van der Waals surface area contributed by atoms with Crippen LogP contribution in [0, 0.1) is 0 Å². The molecule has 0 fully saturated rings. The van der Waals surface area contributed by atoms with Gasteiger partial charge in [-0.2, -0.15) is 0 Å². The first-order valence-electron chi connectivity index (χ1n) is 6.52. The third-order valence-corrected chi connectivity index (χ3v) is 3.91. The van der Waals surface area contributed by atoms with Crippen LogP contribution in [0.15, 0.2) is 59.2 Å². The number of aromatic nitrogens is 1. The molecule has 21 heavy (non-hydrogen) atoms. The molecule has 0 aliphatic heterocycles. The Morgan fingerprint density at radius 3 is 2.62 bits per heavy atom. The molecule has 2 amide bonds. The number of carbonyl (C=O) groups is 1. The van der Waals surface area contributed by atoms with Gasteiger partial charge in [0.25, 0.3) is 0 Å². The average molecular weight is 344 g/mol. The number of hydrogen-bond donors (Lipinski definition) is 2. The lowest BCUT2D eigenvalue weighted by molar-refractivity contribution is 0.253. The van der Waals surface area contributed by atoms with Crippen LogP contribution in [-0.2, 0) is 6.54 Å². The van der Waals surface area contributed by atoms with Gasteiger partial charge in [-0.05, 0) is 35.9 Å². The fourth-order valence-electron chi connectivity index (χ4n) is 2.36. The van der Waals surface area contributed by atoms with Crippen molar-refractivity contribution >= 4 is 38.6 Å². The molecule has 3 rings (SSSR count). The predicted molar refractivity (Wildman–Crippen MR) is 88.2 cm³/mol. The van der Waals surface area contributed by atoms with Gasteiger partial charge in [0.1, 0.15) is 0 Å². The van der Waals surface area contributed by atoms with E-state index >= 15 is 0 Å². The monoisotopic (exact) mass is 343 g/mol. The Morgan fingerprint density at radius 2 is 1.90 bits per heavy atom. The van der Waals surface area contributed by atoms with Gasteiger partial charge in [0.05, 0.1) is 12.2 Å². The number of nitrogens with one attached hydrogen (secondary N) is 1. The number of primary amides is 1. The summed E-state index contributed by atoms with van der Waals surface area (Å²) in [7, 11) is 0. The van der Waals surface area contributed by atoms with Crippen molar-refractivity contribution in [3.8, 4) is 0 Å². The fraction of sp³-hybridized carbons (Fsp3) is 0.0625. The first-order chi connectivity index (χ1) is 10.1. The summed E-state index contributed by atoms with van der Waals surface area (Å²) in [5.74, 6) is 0. The number of nitrogens with zero attached hydrogens (tertiary/aromatic N) is 1. The SMILES string of the molecule is NC(=O)N(Cc1ccc(Br)cc1)c1cccc2[nH]ccc12. The number of urea groups is 1. The van der Waals surface area contributed by atoms with Gasteiger partial charge in [-0.3, -0.25) is 4.90 Å². The van der Waals surface area contributed by atoms with E-state index in [1.165, 1.54) is 0 Å². The lowest BCUT2D eigenvalue weighted by Crippen LogP contribution is -2.35. The summed E-state index contributed by atoms with van der Waals surface area (Å²) in [6.45, 7) is 0.437. The number of halogens is 1. The highest BCUT2D eigenvalue weighted by Crippen LogP contribution is 2.27. The topological polar surface area (TPSA) is 62.1 Å². The van der Waals surface area contributed by atoms with Crippen LogP contribution in [0.4, 0.5) is 10.5 Å². The molecule has 1 heterocycles. The number of amides is 2. The van der Waals surface area contributed by atoms with E-state index in [1.54, 1.807) is 4.90 Å². The standard InChI is InChI=1S/C16H14BrN3O/c17-12-6-4-11(5-7-12)10-20(16(18)21)15-3-1-2-14-13(15)8-9-19-14/h1-9,19H,10H2,(H2,18,21). The number of carbonyl (C=O) groups excluding carboxylic acids is 1. The zero-order chi connectivity index (χ0) is 14.8. The Labute approximate surface area is 130 Å². The Morgan fingerprint density at radius 1 is 1.14 bits per heavy atom. The maximum Gasteiger partial charge on any atom is 0.319 e. The molecule has 0 bridgehead atoms. The van der Waals surface area contributed by atoms with Crippen LogP contribution in [0.25, 0.3) is 10.9 Å². The van der Waals surface area contributed by atoms with Gasteiger partial charge in [0, 0.05) is 21.6 Å². The first-order valence-corrected chi connectivity index (χ1v) is 7.32. The molecule has 3 N–H and O–H groups in total. The van der Waals surface area contributed by atoms with Crippen LogP contribution in [0.3, 0.4) is 0 Å². The largest absolute Gasteiger partial charge is 0.361 e. The Balaban J connectivity index is 2.00. The summed E-state index contributed by atoms with van der Waals surface area (Å²) in [5, 5.41) is 0.980. The van der Waals surface area contributed by atoms with Crippen LogP contribution in [-0.4, -0.2) is 11.0 Å². The summed E-state index contributed by atoms with van der Waals surface area (Å²) in [4.78, 5) is 16.6. The van der Waals surface area contributed by atoms with E-state index in [1.807, 2.05) is 54.7 Å². The average Bonchev–Trinajstić information content (AvgIpc) is 2.95. The van der Waals surface area contributed by atoms with Crippen molar-refractivity contribution in [2.75, 3.05) is 4.90 Å². The minimum absolute atomic E-state index is 0.437. The summed E-state index contributed by atoms with van der Waals surface area (Å²) in [5.41, 5.74) is 8.38. The van der Waals surface area contributed by atoms with E-state index in [9.17, 15) is 4.79 Å². The maximum absolute atomic E-state index is 11.9. The Bertz CT molecular complexity index is 780. The molecule has 0 aliphatic carbocycles. The second-order valence-corrected chi connectivity index (χ2v) is 5.68. The molecular weight excluding hydrogens is 330 g/mol. The normalized spacial score (nSPS) is 10.7. The number of hydrogen-bond acceptors (Lipinski definition) is 1. The van der Waals surface area contributed by atoms with Crippen molar-refractivity contribution in [1.29, 1.82) is 0 Å². The number of aromatic amines is 1. The molecule has 0 aliphatic rings. The van der Waals surface area contributed by atoms with E-state index in [0.717, 1.165) is 26.6 Å². The summed E-state index contributed by atoms with van der Waals surface area (Å²) >= 11 is 3.40. The number of nitrogens with two attached hydrogens (primary N) is 1. The van der Waals surface area contributed by atoms with Gasteiger partial charge >= 0.3 is 6.03 Å². The number of benzene rings is 2. The van der Waals surface area contributed by atoms with Crippen LogP contribution in [0.1, 0.15) is 5.56 Å². The molecule has 2 aromatic carbocycles. The predicted octanol–water partition coefficient (Wildman–Crippen LogP) is 4.02. The molecule has 5 heteroatoms. The number of anilines is 1.